The number of nitrogens with zero attached hydrogens (tertiary/aromatic N) is 1. The number of aliphatic hydroxyl groups is 1. The minimum atomic E-state index is 0.0450. The Kier molecular flexibility index (Phi) is 7.51. The van der Waals surface area contributed by atoms with Crippen LogP contribution in [0, 0.1) is 5.92 Å². The zero-order chi connectivity index (χ0) is 13.4. The van der Waals surface area contributed by atoms with Gasteiger partial charge >= 0.3 is 6.03 Å². The monoisotopic (exact) mass is 274 g/mol. The third-order valence-corrected chi connectivity index (χ3v) is 4.44. The number of hydrogen-bond acceptors (Lipinski definition) is 3. The largest absolute Gasteiger partial charge is 0.396 e. The van der Waals surface area contributed by atoms with Crippen LogP contribution in [-0.4, -0.2) is 54.3 Å². The quantitative estimate of drug-likeness (QED) is 0.728. The van der Waals surface area contributed by atoms with E-state index in [9.17, 15) is 4.79 Å². The molecule has 4 nitrogen and oxygen atoms in total. The van der Waals surface area contributed by atoms with E-state index in [0.717, 1.165) is 44.4 Å². The van der Waals surface area contributed by atoms with Gasteiger partial charge in [0.15, 0.2) is 0 Å². The maximum atomic E-state index is 11.9. The molecule has 1 aliphatic carbocycles. The molecule has 0 aromatic heterocycles. The van der Waals surface area contributed by atoms with E-state index in [1.165, 1.54) is 0 Å². The fourth-order valence-electron chi connectivity index (χ4n) is 2.42. The van der Waals surface area contributed by atoms with E-state index in [4.69, 9.17) is 5.11 Å². The van der Waals surface area contributed by atoms with Gasteiger partial charge in [0.05, 0.1) is 0 Å². The topological polar surface area (TPSA) is 52.6 Å². The standard InChI is InChI=1S/C13H26N2O2S/c1-15(13(17)14-8-3-9-18-2)12-6-4-11(10-16)5-7-12/h11-12,16H,3-10H2,1-2H3,(H,14,17). The highest BCUT2D eigenvalue weighted by Crippen LogP contribution is 2.26. The second-order valence-corrected chi connectivity index (χ2v) is 6.03. The summed E-state index contributed by atoms with van der Waals surface area (Å²) in [6.07, 6.45) is 7.20. The van der Waals surface area contributed by atoms with Gasteiger partial charge in [0.2, 0.25) is 0 Å². The molecule has 0 aromatic carbocycles. The Morgan fingerprint density at radius 2 is 2.06 bits per heavy atom. The zero-order valence-electron chi connectivity index (χ0n) is 11.5. The first-order chi connectivity index (χ1) is 8.69. The smallest absolute Gasteiger partial charge is 0.317 e. The van der Waals surface area contributed by atoms with Gasteiger partial charge in [0, 0.05) is 26.2 Å². The molecule has 1 fully saturated rings. The van der Waals surface area contributed by atoms with Crippen LogP contribution in [0.15, 0.2) is 0 Å². The number of rotatable bonds is 6. The molecule has 0 aliphatic heterocycles. The van der Waals surface area contributed by atoms with Gasteiger partial charge in [0.25, 0.3) is 0 Å². The first kappa shape index (κ1) is 15.6. The van der Waals surface area contributed by atoms with Crippen LogP contribution >= 0.6 is 11.8 Å². The Bertz CT molecular complexity index is 243. The Labute approximate surface area is 115 Å². The van der Waals surface area contributed by atoms with E-state index in [-0.39, 0.29) is 12.6 Å². The van der Waals surface area contributed by atoms with Crippen molar-refractivity contribution in [2.24, 2.45) is 5.92 Å². The van der Waals surface area contributed by atoms with Crippen molar-refractivity contribution in [1.29, 1.82) is 0 Å². The minimum absolute atomic E-state index is 0.0450. The Morgan fingerprint density at radius 3 is 2.61 bits per heavy atom. The molecule has 2 N–H and O–H groups in total. The number of amides is 2. The molecule has 5 heteroatoms. The third kappa shape index (κ3) is 5.06. The van der Waals surface area contributed by atoms with Gasteiger partial charge in [-0.2, -0.15) is 11.8 Å². The SMILES string of the molecule is CSCCCNC(=O)N(C)C1CCC(CO)CC1. The highest BCUT2D eigenvalue weighted by atomic mass is 32.2. The van der Waals surface area contributed by atoms with Crippen LogP contribution in [-0.2, 0) is 0 Å². The maximum absolute atomic E-state index is 11.9. The van der Waals surface area contributed by atoms with Crippen molar-refractivity contribution in [3.05, 3.63) is 0 Å². The Hall–Kier alpha value is -0.420. The highest BCUT2D eigenvalue weighted by molar-refractivity contribution is 7.98. The molecule has 18 heavy (non-hydrogen) atoms. The Morgan fingerprint density at radius 1 is 1.39 bits per heavy atom. The minimum Gasteiger partial charge on any atom is -0.396 e. The zero-order valence-corrected chi connectivity index (χ0v) is 12.3. The summed E-state index contributed by atoms with van der Waals surface area (Å²) < 4.78 is 0. The van der Waals surface area contributed by atoms with Crippen LogP contribution < -0.4 is 5.32 Å². The lowest BCUT2D eigenvalue weighted by atomic mass is 9.86. The molecule has 0 heterocycles. The maximum Gasteiger partial charge on any atom is 0.317 e. The van der Waals surface area contributed by atoms with Gasteiger partial charge < -0.3 is 15.3 Å². The van der Waals surface area contributed by atoms with Crippen LogP contribution in [0.4, 0.5) is 4.79 Å². The van der Waals surface area contributed by atoms with Gasteiger partial charge in [-0.05, 0) is 50.0 Å². The summed E-state index contributed by atoms with van der Waals surface area (Å²) in [5, 5.41) is 12.1. The van der Waals surface area contributed by atoms with Crippen molar-refractivity contribution in [1.82, 2.24) is 10.2 Å². The Balaban J connectivity index is 2.22. The normalized spacial score (nSPS) is 23.7. The number of hydrogen-bond donors (Lipinski definition) is 2. The first-order valence-corrected chi connectivity index (χ1v) is 8.18. The lowest BCUT2D eigenvalue weighted by molar-refractivity contribution is 0.134. The number of urea groups is 1. The van der Waals surface area contributed by atoms with E-state index in [1.54, 1.807) is 11.8 Å². The van der Waals surface area contributed by atoms with E-state index < -0.39 is 0 Å². The van der Waals surface area contributed by atoms with Gasteiger partial charge in [-0.1, -0.05) is 0 Å². The second-order valence-electron chi connectivity index (χ2n) is 5.05. The van der Waals surface area contributed by atoms with Gasteiger partial charge in [-0.3, -0.25) is 0 Å². The summed E-state index contributed by atoms with van der Waals surface area (Å²) in [6.45, 7) is 1.05. The highest BCUT2D eigenvalue weighted by Gasteiger charge is 2.25. The molecular weight excluding hydrogens is 248 g/mol. The average Bonchev–Trinajstić information content (AvgIpc) is 2.42. The van der Waals surface area contributed by atoms with Crippen molar-refractivity contribution in [3.8, 4) is 0 Å². The molecular formula is C13H26N2O2S. The summed E-state index contributed by atoms with van der Waals surface area (Å²) in [5.74, 6) is 1.53. The first-order valence-electron chi connectivity index (χ1n) is 6.79. The molecule has 0 aromatic rings. The number of nitrogens with one attached hydrogen (secondary N) is 1. The number of thioether (sulfide) groups is 1. The van der Waals surface area contributed by atoms with Crippen molar-refractivity contribution in [2.45, 2.75) is 38.1 Å². The van der Waals surface area contributed by atoms with Gasteiger partial charge in [-0.25, -0.2) is 4.79 Å². The average molecular weight is 274 g/mol. The van der Waals surface area contributed by atoms with Crippen LogP contribution in [0.3, 0.4) is 0 Å². The lowest BCUT2D eigenvalue weighted by Crippen LogP contribution is -2.45. The third-order valence-electron chi connectivity index (χ3n) is 3.74. The molecule has 1 aliphatic rings. The fraction of sp³-hybridized carbons (Fsp3) is 0.923. The van der Waals surface area contributed by atoms with E-state index >= 15 is 0 Å². The molecule has 0 radical (unpaired) electrons. The summed E-state index contributed by atoms with van der Waals surface area (Å²) >= 11 is 1.80. The van der Waals surface area contributed by atoms with Crippen molar-refractivity contribution in [2.75, 3.05) is 32.2 Å². The summed E-state index contributed by atoms with van der Waals surface area (Å²) in [7, 11) is 1.88. The summed E-state index contributed by atoms with van der Waals surface area (Å²) in [5.41, 5.74) is 0. The molecule has 2 amide bonds. The molecule has 1 rings (SSSR count). The van der Waals surface area contributed by atoms with Crippen LogP contribution in [0.2, 0.25) is 0 Å². The summed E-state index contributed by atoms with van der Waals surface area (Å²) in [6, 6.07) is 0.386. The van der Waals surface area contributed by atoms with Gasteiger partial charge in [-0.15, -0.1) is 0 Å². The van der Waals surface area contributed by atoms with Crippen molar-refractivity contribution >= 4 is 17.8 Å². The second kappa shape index (κ2) is 8.64. The van der Waals surface area contributed by atoms with E-state index in [1.807, 2.05) is 11.9 Å². The lowest BCUT2D eigenvalue weighted by Gasteiger charge is -2.34. The predicted octanol–water partition coefficient (Wildman–Crippen LogP) is 1.93. The molecule has 0 spiro atoms. The molecule has 106 valence electrons. The van der Waals surface area contributed by atoms with Gasteiger partial charge in [0.1, 0.15) is 0 Å². The number of carbonyl (C=O) groups is 1. The molecule has 0 bridgehead atoms. The number of carbonyl (C=O) groups excluding carboxylic acids is 1. The molecule has 0 atom stereocenters. The van der Waals surface area contributed by atoms with Crippen LogP contribution in [0.1, 0.15) is 32.1 Å². The van der Waals surface area contributed by atoms with Crippen LogP contribution in [0.5, 0.6) is 0 Å². The van der Waals surface area contributed by atoms with Crippen molar-refractivity contribution in [3.63, 3.8) is 0 Å². The number of aliphatic hydroxyl groups excluding tert-OH is 1. The summed E-state index contributed by atoms with van der Waals surface area (Å²) in [4.78, 5) is 13.8. The predicted molar refractivity (Wildman–Crippen MR) is 77.0 cm³/mol. The van der Waals surface area contributed by atoms with E-state index in [2.05, 4.69) is 11.6 Å². The molecule has 1 saturated carbocycles. The van der Waals surface area contributed by atoms with Crippen LogP contribution in [0.25, 0.3) is 0 Å². The molecule has 0 unspecified atom stereocenters. The molecule has 0 saturated heterocycles. The van der Waals surface area contributed by atoms with Crippen molar-refractivity contribution < 1.29 is 9.90 Å². The fourth-order valence-corrected chi connectivity index (χ4v) is 2.85. The van der Waals surface area contributed by atoms with E-state index in [0.29, 0.717) is 12.0 Å².